The molecule has 0 aliphatic rings. The number of hydrogen-bond donors (Lipinski definition) is 2. The summed E-state index contributed by atoms with van der Waals surface area (Å²) >= 11 is 1.39. The van der Waals surface area contributed by atoms with Crippen LogP contribution in [0.2, 0.25) is 0 Å². The molecule has 0 fully saturated rings. The Bertz CT molecular complexity index is 970. The van der Waals surface area contributed by atoms with Crippen LogP contribution in [0.1, 0.15) is 28.5 Å². The normalized spacial score (nSPS) is 10.4. The highest BCUT2D eigenvalue weighted by Crippen LogP contribution is 2.29. The molecule has 3 N–H and O–H groups in total. The van der Waals surface area contributed by atoms with E-state index in [4.69, 9.17) is 10.5 Å². The number of carbonyl (C=O) groups is 1. The molecule has 3 aromatic rings. The lowest BCUT2D eigenvalue weighted by Crippen LogP contribution is -2.11. The van der Waals surface area contributed by atoms with Crippen LogP contribution < -0.4 is 15.8 Å². The second-order valence-corrected chi connectivity index (χ2v) is 7.18. The molecule has 0 bridgehead atoms. The summed E-state index contributed by atoms with van der Waals surface area (Å²) in [5.74, 6) is 1.33. The van der Waals surface area contributed by atoms with E-state index in [1.807, 2.05) is 19.2 Å². The average molecular weight is 384 g/mol. The summed E-state index contributed by atoms with van der Waals surface area (Å²) in [4.78, 5) is 20.6. The number of amides is 1. The van der Waals surface area contributed by atoms with E-state index in [0.29, 0.717) is 33.6 Å². The van der Waals surface area contributed by atoms with Crippen LogP contribution in [0.4, 0.5) is 10.9 Å². The van der Waals surface area contributed by atoms with Crippen LogP contribution in [-0.2, 0) is 0 Å². The number of thiazole rings is 1. The largest absolute Gasteiger partial charge is 0.457 e. The van der Waals surface area contributed by atoms with Gasteiger partial charge in [0.2, 0.25) is 0 Å². The molecule has 0 saturated carbocycles. The predicted octanol–water partition coefficient (Wildman–Crippen LogP) is 4.16. The summed E-state index contributed by atoms with van der Waals surface area (Å²) in [6, 6.07) is 8.58. The van der Waals surface area contributed by atoms with Crippen LogP contribution in [0.15, 0.2) is 41.9 Å². The summed E-state index contributed by atoms with van der Waals surface area (Å²) in [7, 11) is 3.47. The zero-order chi connectivity index (χ0) is 18.7. The lowest BCUT2D eigenvalue weighted by Gasteiger charge is -2.12. The van der Waals surface area contributed by atoms with Gasteiger partial charge in [-0.2, -0.15) is 0 Å². The molecule has 8 heteroatoms. The Balaban J connectivity index is 1.75. The van der Waals surface area contributed by atoms with Gasteiger partial charge in [-0.15, -0.1) is 20.2 Å². The van der Waals surface area contributed by atoms with Crippen molar-refractivity contribution in [2.45, 2.75) is 13.8 Å². The number of nitrogens with zero attached hydrogens (tertiary/aromatic N) is 2. The number of aromatic nitrogens is 2. The number of carbonyl (C=O) groups excluding carboxylic acids is 1. The van der Waals surface area contributed by atoms with Gasteiger partial charge in [0.05, 0.1) is 11.3 Å². The minimum Gasteiger partial charge on any atom is -0.457 e. The van der Waals surface area contributed by atoms with Gasteiger partial charge >= 0.3 is 0 Å². The van der Waals surface area contributed by atoms with E-state index >= 15 is 0 Å². The molecule has 1 amide bonds. The number of ether oxygens (including phenoxy) is 1. The average Bonchev–Trinajstić information content (AvgIpc) is 3.00. The van der Waals surface area contributed by atoms with Gasteiger partial charge in [0.1, 0.15) is 17.3 Å². The van der Waals surface area contributed by atoms with Gasteiger partial charge in [-0.1, -0.05) is 0 Å². The topological polar surface area (TPSA) is 90.1 Å². The van der Waals surface area contributed by atoms with E-state index in [2.05, 4.69) is 24.1 Å². The lowest BCUT2D eigenvalue weighted by molar-refractivity contribution is 0.102. The number of nitrogens with one attached hydrogen (secondary N) is 1. The van der Waals surface area contributed by atoms with Gasteiger partial charge in [-0.05, 0) is 49.5 Å². The fourth-order valence-electron chi connectivity index (χ4n) is 2.30. The molecule has 3 rings (SSSR count). The zero-order valence-corrected chi connectivity index (χ0v) is 16.1. The molecule has 0 radical (unpaired) electrons. The van der Waals surface area contributed by atoms with Gasteiger partial charge in [-0.3, -0.25) is 10.1 Å². The van der Waals surface area contributed by atoms with Crippen molar-refractivity contribution in [2.24, 2.45) is 0 Å². The third-order valence-corrected chi connectivity index (χ3v) is 4.63. The monoisotopic (exact) mass is 384 g/mol. The van der Waals surface area contributed by atoms with E-state index in [9.17, 15) is 4.79 Å². The number of benzene rings is 1. The number of pyridine rings is 1. The number of nitrogens with two attached hydrogens (primary N) is 1. The molecular weight excluding hydrogens is 367 g/mol. The van der Waals surface area contributed by atoms with Gasteiger partial charge < -0.3 is 10.5 Å². The van der Waals surface area contributed by atoms with Crippen molar-refractivity contribution in [1.82, 2.24) is 9.97 Å². The second kappa shape index (κ2) is 7.64. The van der Waals surface area contributed by atoms with Crippen molar-refractivity contribution in [3.05, 3.63) is 58.7 Å². The van der Waals surface area contributed by atoms with Gasteiger partial charge in [0.25, 0.3) is 5.91 Å². The highest BCUT2D eigenvalue weighted by atomic mass is 32.1. The quantitative estimate of drug-likeness (QED) is 0.645. The maximum absolute atomic E-state index is 12.3. The van der Waals surface area contributed by atoms with Crippen LogP contribution in [0, 0.1) is 6.92 Å². The fraction of sp³-hybridized carbons (Fsp3) is 0.111. The number of hydrogen-bond acceptors (Lipinski definition) is 6. The first-order chi connectivity index (χ1) is 12.4. The SMILES string of the molecule is CC(=P)c1c(Oc2ccc(C(=O)Nc3nc(C)cs3)cc2)ccnc1N. The Morgan fingerprint density at radius 1 is 1.27 bits per heavy atom. The standard InChI is InChI=1S/C18H17N4O2PS/c1-10-9-26-18(21-10)22-17(23)12-3-5-13(6-4-12)24-14-7-8-20-16(19)15(14)11(2)25/h3-9,25H,1-2H3,(H2,19,20)(H,21,22,23). The number of rotatable bonds is 5. The smallest absolute Gasteiger partial charge is 0.257 e. The minimum atomic E-state index is -0.218. The minimum absolute atomic E-state index is 0.218. The molecule has 0 aliphatic carbocycles. The molecule has 0 aliphatic heterocycles. The van der Waals surface area contributed by atoms with Crippen molar-refractivity contribution in [2.75, 3.05) is 11.1 Å². The Kier molecular flexibility index (Phi) is 5.30. The predicted molar refractivity (Wildman–Crippen MR) is 108 cm³/mol. The van der Waals surface area contributed by atoms with Gasteiger partial charge in [0.15, 0.2) is 5.13 Å². The highest BCUT2D eigenvalue weighted by molar-refractivity contribution is 7.22. The molecular formula is C18H17N4O2PS. The highest BCUT2D eigenvalue weighted by Gasteiger charge is 2.12. The lowest BCUT2D eigenvalue weighted by atomic mass is 10.1. The fourth-order valence-corrected chi connectivity index (χ4v) is 3.24. The van der Waals surface area contributed by atoms with Crippen LogP contribution in [0.3, 0.4) is 0 Å². The molecule has 2 heterocycles. The first-order valence-electron chi connectivity index (χ1n) is 7.75. The molecule has 6 nitrogen and oxygen atoms in total. The number of anilines is 2. The molecule has 0 atom stereocenters. The zero-order valence-electron chi connectivity index (χ0n) is 14.2. The molecule has 1 aromatic carbocycles. The summed E-state index contributed by atoms with van der Waals surface area (Å²) < 4.78 is 5.89. The van der Waals surface area contributed by atoms with Gasteiger partial charge in [0, 0.05) is 17.1 Å². The molecule has 2 aromatic heterocycles. The van der Waals surface area contributed by atoms with E-state index in [0.717, 1.165) is 11.0 Å². The Morgan fingerprint density at radius 3 is 2.62 bits per heavy atom. The van der Waals surface area contributed by atoms with Crippen LogP contribution >= 0.6 is 20.2 Å². The summed E-state index contributed by atoms with van der Waals surface area (Å²) in [6.45, 7) is 3.75. The van der Waals surface area contributed by atoms with E-state index < -0.39 is 0 Å². The van der Waals surface area contributed by atoms with Crippen molar-refractivity contribution in [3.63, 3.8) is 0 Å². The maximum Gasteiger partial charge on any atom is 0.257 e. The third-order valence-electron chi connectivity index (χ3n) is 3.50. The van der Waals surface area contributed by atoms with Gasteiger partial charge in [-0.25, -0.2) is 9.97 Å². The molecule has 0 unspecified atom stereocenters. The van der Waals surface area contributed by atoms with Crippen molar-refractivity contribution in [3.8, 4) is 11.5 Å². The first-order valence-corrected chi connectivity index (χ1v) is 9.13. The van der Waals surface area contributed by atoms with E-state index in [1.54, 1.807) is 36.5 Å². The van der Waals surface area contributed by atoms with Crippen LogP contribution in [0.5, 0.6) is 11.5 Å². The Morgan fingerprint density at radius 2 is 2.00 bits per heavy atom. The van der Waals surface area contributed by atoms with Crippen LogP contribution in [-0.4, -0.2) is 21.2 Å². The second-order valence-electron chi connectivity index (χ2n) is 5.57. The summed E-state index contributed by atoms with van der Waals surface area (Å²) in [5, 5.41) is 6.05. The number of nitrogen functional groups attached to an aromatic ring is 1. The third kappa shape index (κ3) is 4.07. The Hall–Kier alpha value is -2.76. The summed E-state index contributed by atoms with van der Waals surface area (Å²) in [6.07, 6.45) is 1.58. The van der Waals surface area contributed by atoms with Crippen molar-refractivity contribution in [1.29, 1.82) is 0 Å². The van der Waals surface area contributed by atoms with Crippen LogP contribution in [0.25, 0.3) is 0 Å². The molecule has 0 saturated heterocycles. The first kappa shape index (κ1) is 18.0. The maximum atomic E-state index is 12.3. The molecule has 132 valence electrons. The van der Waals surface area contributed by atoms with Crippen molar-refractivity contribution < 1.29 is 9.53 Å². The van der Waals surface area contributed by atoms with E-state index in [1.165, 1.54) is 11.3 Å². The summed E-state index contributed by atoms with van der Waals surface area (Å²) in [5.41, 5.74) is 8.00. The molecule has 26 heavy (non-hydrogen) atoms. The Labute approximate surface area is 157 Å². The molecule has 0 spiro atoms. The number of aryl methyl sites for hydroxylation is 1. The van der Waals surface area contributed by atoms with Crippen molar-refractivity contribution >= 4 is 42.4 Å². The van der Waals surface area contributed by atoms with E-state index in [-0.39, 0.29) is 5.91 Å².